The molecule has 0 bridgehead atoms. The summed E-state index contributed by atoms with van der Waals surface area (Å²) in [7, 11) is 4.23. The van der Waals surface area contributed by atoms with E-state index in [9.17, 15) is 0 Å². The van der Waals surface area contributed by atoms with Gasteiger partial charge in [-0.2, -0.15) is 17.2 Å². The van der Waals surface area contributed by atoms with E-state index >= 15 is 0 Å². The van der Waals surface area contributed by atoms with Gasteiger partial charge in [-0.05, 0) is 96.3 Å². The van der Waals surface area contributed by atoms with E-state index in [1.54, 1.807) is 0 Å². The average Bonchev–Trinajstić information content (AvgIpc) is 3.66. The molecule has 0 fully saturated rings. The van der Waals surface area contributed by atoms with Crippen LogP contribution in [0.25, 0.3) is 44.4 Å². The fraction of sp³-hybridized carbons (Fsp3) is 0.256. The molecule has 0 saturated heterocycles. The number of fused-ring (bicyclic) bond motifs is 3. The molecule has 0 atom stereocenters. The molecule has 0 radical (unpaired) electrons. The summed E-state index contributed by atoms with van der Waals surface area (Å²) in [6, 6.07) is 34.4. The van der Waals surface area contributed by atoms with E-state index < -0.39 is 0 Å². The fourth-order valence-corrected chi connectivity index (χ4v) is 7.00. The molecule has 7 heteroatoms. The van der Waals surface area contributed by atoms with E-state index in [-0.39, 0.29) is 20.4 Å². The van der Waals surface area contributed by atoms with Crippen molar-refractivity contribution in [2.24, 2.45) is 0 Å². The Labute approximate surface area is 309 Å². The van der Waals surface area contributed by atoms with Gasteiger partial charge in [0.15, 0.2) is 0 Å². The van der Waals surface area contributed by atoms with Crippen LogP contribution in [-0.4, -0.2) is 33.4 Å². The van der Waals surface area contributed by atoms with Crippen molar-refractivity contribution in [2.75, 3.05) is 19.0 Å². The van der Waals surface area contributed by atoms with Crippen molar-refractivity contribution >= 4 is 27.5 Å². The van der Waals surface area contributed by atoms with Gasteiger partial charge in [0.1, 0.15) is 5.82 Å². The Morgan fingerprint density at radius 1 is 0.740 bits per heavy atom. The zero-order chi connectivity index (χ0) is 34.2. The molecule has 50 heavy (non-hydrogen) atoms. The van der Waals surface area contributed by atoms with Gasteiger partial charge < -0.3 is 14.2 Å². The van der Waals surface area contributed by atoms with Crippen molar-refractivity contribution < 1.29 is 25.2 Å². The number of aromatic nitrogens is 4. The molecule has 3 heterocycles. The average molecular weight is 752 g/mol. The van der Waals surface area contributed by atoms with Gasteiger partial charge in [0, 0.05) is 54.3 Å². The molecule has 256 valence electrons. The second-order valence-electron chi connectivity index (χ2n) is 12.8. The second-order valence-corrected chi connectivity index (χ2v) is 12.8. The number of benzene rings is 4. The van der Waals surface area contributed by atoms with E-state index in [2.05, 4.69) is 130 Å². The number of para-hydroxylation sites is 1. The summed E-state index contributed by atoms with van der Waals surface area (Å²) in [5.41, 5.74) is 12.9. The fourth-order valence-electron chi connectivity index (χ4n) is 7.00. The van der Waals surface area contributed by atoms with E-state index in [1.165, 1.54) is 33.6 Å². The molecule has 4 aromatic carbocycles. The van der Waals surface area contributed by atoms with Crippen LogP contribution in [0.15, 0.2) is 85.1 Å². The Morgan fingerprint density at radius 3 is 2.16 bits per heavy atom. The number of aryl methyl sites for hydroxylation is 4. The third kappa shape index (κ3) is 6.26. The van der Waals surface area contributed by atoms with Crippen molar-refractivity contribution in [3.8, 4) is 34.1 Å². The third-order valence-corrected chi connectivity index (χ3v) is 9.43. The van der Waals surface area contributed by atoms with Gasteiger partial charge in [0.05, 0.1) is 5.69 Å². The van der Waals surface area contributed by atoms with Crippen molar-refractivity contribution in [2.45, 2.75) is 60.3 Å². The molecular weight excluding hydrogens is 709 g/mol. The molecule has 0 spiro atoms. The summed E-state index contributed by atoms with van der Waals surface area (Å²) >= 11 is 0. The van der Waals surface area contributed by atoms with Crippen LogP contribution in [0.5, 0.6) is 11.5 Å². The molecule has 0 aliphatic heterocycles. The standard InChI is InChI=1S/C43H43N5O.Pd/c1-8-29-24-32(46(6)7)25-30(9-2)42(29)43-37(10-3)45-48(38(43)11-4)31-15-14-16-33(26-31)49-34-19-20-36-35-17-12-13-18-39(35)47(40(36)27-34)41-23-28(5)21-22-44-41;/h12-25H,8-11H2,1-7H3;/q-2;+2. The second kappa shape index (κ2) is 14.6. The molecule has 0 saturated carbocycles. The van der Waals surface area contributed by atoms with Gasteiger partial charge in [0.25, 0.3) is 0 Å². The Bertz CT molecular complexity index is 2290. The summed E-state index contributed by atoms with van der Waals surface area (Å²) in [5.74, 6) is 2.08. The maximum atomic E-state index is 6.50. The number of pyridine rings is 1. The number of hydrogen-bond acceptors (Lipinski definition) is 4. The monoisotopic (exact) mass is 751 g/mol. The van der Waals surface area contributed by atoms with Crippen LogP contribution in [0.1, 0.15) is 55.8 Å². The molecule has 3 aromatic heterocycles. The first-order valence-electron chi connectivity index (χ1n) is 17.4. The Balaban J connectivity index is 0.00000432. The molecule has 0 amide bonds. The SMILES string of the molecule is CCc1cc(N(C)C)cc(CC)c1-c1c(CC)nn(-c2[c-]c(Oc3[c-]c4c(cc3)c3ccccc3n4-c3cc(C)ccn3)ccc2)c1CC.[Pd+2]. The van der Waals surface area contributed by atoms with Gasteiger partial charge in [-0.25, -0.2) is 4.98 Å². The van der Waals surface area contributed by atoms with Crippen LogP contribution in [0.3, 0.4) is 0 Å². The van der Waals surface area contributed by atoms with E-state index in [0.29, 0.717) is 11.5 Å². The molecule has 7 rings (SSSR count). The van der Waals surface area contributed by atoms with E-state index in [1.807, 2.05) is 30.5 Å². The quantitative estimate of drug-likeness (QED) is 0.103. The van der Waals surface area contributed by atoms with Crippen LogP contribution in [0, 0.1) is 19.1 Å². The van der Waals surface area contributed by atoms with Crippen LogP contribution in [-0.2, 0) is 46.1 Å². The van der Waals surface area contributed by atoms with Crippen molar-refractivity contribution in [3.05, 3.63) is 125 Å². The largest absolute Gasteiger partial charge is 2.00 e. The van der Waals surface area contributed by atoms with Gasteiger partial charge in [-0.1, -0.05) is 51.4 Å². The van der Waals surface area contributed by atoms with Crippen LogP contribution >= 0.6 is 0 Å². The molecule has 7 aromatic rings. The Kier molecular flexibility index (Phi) is 10.3. The maximum Gasteiger partial charge on any atom is 2.00 e. The summed E-state index contributed by atoms with van der Waals surface area (Å²) < 4.78 is 10.7. The summed E-state index contributed by atoms with van der Waals surface area (Å²) in [6.45, 7) is 11.0. The summed E-state index contributed by atoms with van der Waals surface area (Å²) in [6.07, 6.45) is 5.44. The first kappa shape index (κ1) is 35.1. The Morgan fingerprint density at radius 2 is 1.48 bits per heavy atom. The predicted molar refractivity (Wildman–Crippen MR) is 202 cm³/mol. The Hall–Kier alpha value is -4.70. The van der Waals surface area contributed by atoms with Crippen LogP contribution in [0.4, 0.5) is 5.69 Å². The van der Waals surface area contributed by atoms with Crippen molar-refractivity contribution in [1.82, 2.24) is 19.3 Å². The molecule has 6 nitrogen and oxygen atoms in total. The maximum absolute atomic E-state index is 6.50. The number of hydrogen-bond donors (Lipinski definition) is 0. The minimum Gasteiger partial charge on any atom is -0.509 e. The van der Waals surface area contributed by atoms with Crippen molar-refractivity contribution in [1.29, 1.82) is 0 Å². The molecule has 0 N–H and O–H groups in total. The van der Waals surface area contributed by atoms with Gasteiger partial charge >= 0.3 is 20.4 Å². The van der Waals surface area contributed by atoms with Crippen LogP contribution in [0.2, 0.25) is 0 Å². The normalized spacial score (nSPS) is 11.3. The number of ether oxygens (including phenoxy) is 1. The number of nitrogens with zero attached hydrogens (tertiary/aromatic N) is 5. The first-order valence-corrected chi connectivity index (χ1v) is 17.4. The minimum atomic E-state index is 0. The molecule has 0 unspecified atom stereocenters. The molecule has 0 aliphatic carbocycles. The van der Waals surface area contributed by atoms with Gasteiger partial charge in [-0.3, -0.25) is 4.68 Å². The molecule has 0 aliphatic rings. The zero-order valence-electron chi connectivity index (χ0n) is 29.9. The zero-order valence-corrected chi connectivity index (χ0v) is 31.4. The van der Waals surface area contributed by atoms with E-state index in [0.717, 1.165) is 70.3 Å². The first-order chi connectivity index (χ1) is 23.8. The minimum absolute atomic E-state index is 0. The summed E-state index contributed by atoms with van der Waals surface area (Å²) in [4.78, 5) is 6.91. The van der Waals surface area contributed by atoms with E-state index in [4.69, 9.17) is 14.8 Å². The number of rotatable bonds is 10. The summed E-state index contributed by atoms with van der Waals surface area (Å²) in [5, 5.41) is 7.47. The third-order valence-electron chi connectivity index (χ3n) is 9.43. The van der Waals surface area contributed by atoms with Gasteiger partial charge in [0.2, 0.25) is 0 Å². The van der Waals surface area contributed by atoms with Crippen molar-refractivity contribution in [3.63, 3.8) is 0 Å². The molecular formula is C43H43N5OPd. The topological polar surface area (TPSA) is 48.1 Å². The van der Waals surface area contributed by atoms with Gasteiger partial charge in [-0.15, -0.1) is 35.7 Å². The number of anilines is 1. The smallest absolute Gasteiger partial charge is 0.509 e. The van der Waals surface area contributed by atoms with Crippen LogP contribution < -0.4 is 9.64 Å². The predicted octanol–water partition coefficient (Wildman–Crippen LogP) is 10.0.